The number of hydrogen-bond donors (Lipinski definition) is 1. The lowest BCUT2D eigenvalue weighted by molar-refractivity contribution is -0.386. The fraction of sp³-hybridized carbons (Fsp3) is 0.154. The van der Waals surface area contributed by atoms with Crippen LogP contribution in [0.2, 0.25) is 0 Å². The molecule has 0 fully saturated rings. The Kier molecular flexibility index (Phi) is 3.33. The van der Waals surface area contributed by atoms with E-state index in [0.29, 0.717) is 16.9 Å². The zero-order valence-electron chi connectivity index (χ0n) is 10.5. The number of hydrogen-bond acceptors (Lipinski definition) is 5. The van der Waals surface area contributed by atoms with Crippen LogP contribution in [0.5, 0.6) is 17.4 Å². The van der Waals surface area contributed by atoms with E-state index in [9.17, 15) is 15.2 Å². The lowest BCUT2D eigenvalue weighted by atomic mass is 10.1. The Bertz CT molecular complexity index is 617. The van der Waals surface area contributed by atoms with E-state index in [1.807, 2.05) is 0 Å². The molecule has 0 aliphatic carbocycles. The number of phenols is 1. The molecular weight excluding hydrogens is 248 g/mol. The number of aromatic nitrogens is 1. The summed E-state index contributed by atoms with van der Waals surface area (Å²) in [6.07, 6.45) is 1.42. The molecule has 0 aliphatic heterocycles. The lowest BCUT2D eigenvalue weighted by Crippen LogP contribution is -1.96. The van der Waals surface area contributed by atoms with Crippen LogP contribution >= 0.6 is 0 Å². The average Bonchev–Trinajstić information content (AvgIpc) is 2.36. The second kappa shape index (κ2) is 4.93. The maximum atomic E-state index is 10.8. The van der Waals surface area contributed by atoms with E-state index in [-0.39, 0.29) is 17.3 Å². The minimum atomic E-state index is -0.553. The Hall–Kier alpha value is -2.63. The van der Waals surface area contributed by atoms with Crippen LogP contribution < -0.4 is 4.74 Å². The average molecular weight is 260 g/mol. The number of nitrogens with zero attached hydrogens (tertiary/aromatic N) is 2. The molecule has 0 atom stereocenters. The summed E-state index contributed by atoms with van der Waals surface area (Å²) in [6.45, 7) is 3.45. The van der Waals surface area contributed by atoms with Crippen LogP contribution in [0, 0.1) is 24.0 Å². The second-order valence-electron chi connectivity index (χ2n) is 4.09. The topological polar surface area (TPSA) is 85.5 Å². The van der Waals surface area contributed by atoms with Gasteiger partial charge in [-0.05, 0) is 43.2 Å². The maximum absolute atomic E-state index is 10.8. The molecule has 0 saturated carbocycles. The van der Waals surface area contributed by atoms with Crippen molar-refractivity contribution in [3.05, 3.63) is 51.7 Å². The summed E-state index contributed by atoms with van der Waals surface area (Å²) in [5.41, 5.74) is 1.06. The summed E-state index contributed by atoms with van der Waals surface area (Å²) in [5, 5.41) is 20.5. The van der Waals surface area contributed by atoms with Gasteiger partial charge in [0.05, 0.1) is 4.92 Å². The van der Waals surface area contributed by atoms with Crippen LogP contribution in [0.25, 0.3) is 0 Å². The van der Waals surface area contributed by atoms with Crippen LogP contribution in [-0.2, 0) is 0 Å². The van der Waals surface area contributed by atoms with Gasteiger partial charge in [0.25, 0.3) is 5.88 Å². The number of pyridine rings is 1. The van der Waals surface area contributed by atoms with Crippen molar-refractivity contribution >= 4 is 5.69 Å². The molecular formula is C13H12N2O4. The molecule has 0 spiro atoms. The van der Waals surface area contributed by atoms with Gasteiger partial charge < -0.3 is 9.84 Å². The lowest BCUT2D eigenvalue weighted by Gasteiger charge is -2.08. The summed E-state index contributed by atoms with van der Waals surface area (Å²) in [5.74, 6) is 0.509. The van der Waals surface area contributed by atoms with Gasteiger partial charge in [0.2, 0.25) is 0 Å². The zero-order chi connectivity index (χ0) is 14.0. The molecule has 0 bridgehead atoms. The van der Waals surface area contributed by atoms with E-state index in [0.717, 1.165) is 0 Å². The number of phenolic OH excluding ortho intramolecular Hbond substituents is 1. The van der Waals surface area contributed by atoms with E-state index in [2.05, 4.69) is 4.98 Å². The van der Waals surface area contributed by atoms with Gasteiger partial charge in [-0.25, -0.2) is 4.98 Å². The van der Waals surface area contributed by atoms with E-state index in [4.69, 9.17) is 4.74 Å². The van der Waals surface area contributed by atoms with Crippen molar-refractivity contribution in [1.29, 1.82) is 0 Å². The first-order valence-corrected chi connectivity index (χ1v) is 5.56. The third-order valence-electron chi connectivity index (χ3n) is 2.63. The Balaban J connectivity index is 2.39. The largest absolute Gasteiger partial charge is 0.507 e. The highest BCUT2D eigenvalue weighted by Crippen LogP contribution is 2.32. The van der Waals surface area contributed by atoms with Crippen molar-refractivity contribution in [2.24, 2.45) is 0 Å². The SMILES string of the molecule is Cc1cc(Oc2ncccc2[N+](=O)[O-])cc(C)c1O. The minimum Gasteiger partial charge on any atom is -0.507 e. The number of aromatic hydroxyl groups is 1. The second-order valence-corrected chi connectivity index (χ2v) is 4.09. The Labute approximate surface area is 109 Å². The molecule has 2 rings (SSSR count). The third-order valence-corrected chi connectivity index (χ3v) is 2.63. The van der Waals surface area contributed by atoms with Crippen LogP contribution in [0.3, 0.4) is 0 Å². The third kappa shape index (κ3) is 2.62. The molecule has 98 valence electrons. The molecule has 2 aromatic rings. The van der Waals surface area contributed by atoms with Gasteiger partial charge in [-0.15, -0.1) is 0 Å². The predicted molar refractivity (Wildman–Crippen MR) is 68.5 cm³/mol. The Morgan fingerprint density at radius 1 is 1.32 bits per heavy atom. The summed E-state index contributed by atoms with van der Waals surface area (Å²) in [4.78, 5) is 14.1. The standard InChI is InChI=1S/C13H12N2O4/c1-8-6-10(7-9(2)12(8)16)19-13-11(15(17)18)4-3-5-14-13/h3-7,16H,1-2H3. The van der Waals surface area contributed by atoms with E-state index >= 15 is 0 Å². The summed E-state index contributed by atoms with van der Waals surface area (Å²) >= 11 is 0. The normalized spacial score (nSPS) is 10.2. The van der Waals surface area contributed by atoms with Gasteiger partial charge in [-0.3, -0.25) is 10.1 Å². The number of nitro groups is 1. The number of rotatable bonds is 3. The molecule has 0 amide bonds. The van der Waals surface area contributed by atoms with E-state index < -0.39 is 4.92 Å². The summed E-state index contributed by atoms with van der Waals surface area (Å²) in [7, 11) is 0. The highest BCUT2D eigenvalue weighted by atomic mass is 16.6. The van der Waals surface area contributed by atoms with E-state index in [1.54, 1.807) is 26.0 Å². The van der Waals surface area contributed by atoms with Crippen molar-refractivity contribution in [2.75, 3.05) is 0 Å². The quantitative estimate of drug-likeness (QED) is 0.677. The molecule has 1 N–H and O–H groups in total. The maximum Gasteiger partial charge on any atom is 0.331 e. The van der Waals surface area contributed by atoms with Crippen LogP contribution in [0.15, 0.2) is 30.5 Å². The van der Waals surface area contributed by atoms with Crippen LogP contribution in [0.1, 0.15) is 11.1 Å². The number of ether oxygens (including phenoxy) is 1. The highest BCUT2D eigenvalue weighted by Gasteiger charge is 2.17. The molecule has 0 aliphatic rings. The number of benzene rings is 1. The summed E-state index contributed by atoms with van der Waals surface area (Å²) in [6, 6.07) is 5.99. The fourth-order valence-corrected chi connectivity index (χ4v) is 1.69. The molecule has 0 unspecified atom stereocenters. The van der Waals surface area contributed by atoms with Gasteiger partial charge in [0.1, 0.15) is 11.5 Å². The highest BCUT2D eigenvalue weighted by molar-refractivity contribution is 5.48. The molecule has 6 heteroatoms. The first-order chi connectivity index (χ1) is 8.99. The van der Waals surface area contributed by atoms with Gasteiger partial charge in [-0.2, -0.15) is 0 Å². The minimum absolute atomic E-state index is 0.0722. The van der Waals surface area contributed by atoms with Gasteiger partial charge in [-0.1, -0.05) is 0 Å². The molecule has 19 heavy (non-hydrogen) atoms. The molecule has 1 heterocycles. The predicted octanol–water partition coefficient (Wildman–Crippen LogP) is 3.10. The van der Waals surface area contributed by atoms with E-state index in [1.165, 1.54) is 18.3 Å². The van der Waals surface area contributed by atoms with Crippen molar-refractivity contribution < 1.29 is 14.8 Å². The van der Waals surface area contributed by atoms with Crippen molar-refractivity contribution in [3.63, 3.8) is 0 Å². The first-order valence-electron chi connectivity index (χ1n) is 5.56. The molecule has 1 aromatic carbocycles. The van der Waals surface area contributed by atoms with Gasteiger partial charge in [0, 0.05) is 12.3 Å². The molecule has 6 nitrogen and oxygen atoms in total. The molecule has 0 radical (unpaired) electrons. The zero-order valence-corrected chi connectivity index (χ0v) is 10.5. The van der Waals surface area contributed by atoms with Crippen molar-refractivity contribution in [2.45, 2.75) is 13.8 Å². The van der Waals surface area contributed by atoms with Crippen LogP contribution in [-0.4, -0.2) is 15.0 Å². The molecule has 0 saturated heterocycles. The van der Waals surface area contributed by atoms with Crippen molar-refractivity contribution in [1.82, 2.24) is 4.98 Å². The number of aryl methyl sites for hydroxylation is 2. The van der Waals surface area contributed by atoms with Crippen LogP contribution in [0.4, 0.5) is 5.69 Å². The Morgan fingerprint density at radius 2 is 1.95 bits per heavy atom. The smallest absolute Gasteiger partial charge is 0.331 e. The fourth-order valence-electron chi connectivity index (χ4n) is 1.69. The Morgan fingerprint density at radius 3 is 2.53 bits per heavy atom. The van der Waals surface area contributed by atoms with Gasteiger partial charge >= 0.3 is 5.69 Å². The molecule has 1 aromatic heterocycles. The van der Waals surface area contributed by atoms with Crippen molar-refractivity contribution in [3.8, 4) is 17.4 Å². The monoisotopic (exact) mass is 260 g/mol. The summed E-state index contributed by atoms with van der Waals surface area (Å²) < 4.78 is 5.42. The van der Waals surface area contributed by atoms with Gasteiger partial charge in [0.15, 0.2) is 0 Å². The first kappa shape index (κ1) is 12.8.